The molecule has 0 heterocycles. The third kappa shape index (κ3) is 5.46. The van der Waals surface area contributed by atoms with Gasteiger partial charge in [-0.2, -0.15) is 0 Å². The fourth-order valence-electron chi connectivity index (χ4n) is 1.58. The molecule has 1 rings (SSSR count). The minimum Gasteiger partial charge on any atom is -0.497 e. The van der Waals surface area contributed by atoms with Crippen molar-refractivity contribution < 1.29 is 19.0 Å². The molecule has 20 heavy (non-hydrogen) atoms. The first-order valence-corrected chi connectivity index (χ1v) is 6.39. The largest absolute Gasteiger partial charge is 0.497 e. The van der Waals surface area contributed by atoms with Gasteiger partial charge in [0.2, 0.25) is 5.91 Å². The Morgan fingerprint density at radius 1 is 1.35 bits per heavy atom. The second-order valence-electron chi connectivity index (χ2n) is 4.41. The molecule has 1 aromatic carbocycles. The molecule has 3 N–H and O–H groups in total. The van der Waals surface area contributed by atoms with Crippen LogP contribution in [-0.2, 0) is 9.53 Å². The summed E-state index contributed by atoms with van der Waals surface area (Å²) < 4.78 is 15.6. The van der Waals surface area contributed by atoms with Crippen molar-refractivity contribution in [1.82, 2.24) is 5.32 Å². The molecule has 1 aromatic rings. The predicted molar refractivity (Wildman–Crippen MR) is 75.9 cm³/mol. The number of rotatable bonds is 8. The Morgan fingerprint density at radius 2 is 2.05 bits per heavy atom. The van der Waals surface area contributed by atoms with Crippen molar-refractivity contribution in [3.05, 3.63) is 24.3 Å². The van der Waals surface area contributed by atoms with Crippen LogP contribution in [0.1, 0.15) is 6.92 Å². The molecule has 2 atom stereocenters. The second kappa shape index (κ2) is 8.39. The van der Waals surface area contributed by atoms with Gasteiger partial charge in [-0.05, 0) is 19.1 Å². The highest BCUT2D eigenvalue weighted by Crippen LogP contribution is 2.19. The Morgan fingerprint density at radius 3 is 2.70 bits per heavy atom. The van der Waals surface area contributed by atoms with Gasteiger partial charge in [0.25, 0.3) is 0 Å². The summed E-state index contributed by atoms with van der Waals surface area (Å²) in [6, 6.07) is 6.63. The van der Waals surface area contributed by atoms with E-state index in [-0.39, 0.29) is 18.6 Å². The SMILES string of the molecule is COCC(N)C(=O)NCC(C)Oc1cccc(OC)c1. The lowest BCUT2D eigenvalue weighted by Crippen LogP contribution is -2.46. The number of hydrogen-bond donors (Lipinski definition) is 2. The molecule has 0 spiro atoms. The van der Waals surface area contributed by atoms with E-state index < -0.39 is 6.04 Å². The number of carbonyl (C=O) groups excluding carboxylic acids is 1. The second-order valence-corrected chi connectivity index (χ2v) is 4.41. The van der Waals surface area contributed by atoms with E-state index in [1.54, 1.807) is 13.2 Å². The van der Waals surface area contributed by atoms with E-state index in [1.807, 2.05) is 25.1 Å². The monoisotopic (exact) mass is 282 g/mol. The summed E-state index contributed by atoms with van der Waals surface area (Å²) in [5.41, 5.74) is 5.61. The first kappa shape index (κ1) is 16.3. The molecule has 0 aliphatic heterocycles. The van der Waals surface area contributed by atoms with Crippen molar-refractivity contribution in [2.45, 2.75) is 19.1 Å². The first-order chi connectivity index (χ1) is 9.56. The summed E-state index contributed by atoms with van der Waals surface area (Å²) in [4.78, 5) is 11.6. The van der Waals surface area contributed by atoms with Crippen molar-refractivity contribution in [1.29, 1.82) is 0 Å². The summed E-state index contributed by atoms with van der Waals surface area (Å²) in [7, 11) is 3.10. The third-order valence-corrected chi connectivity index (χ3v) is 2.63. The Balaban J connectivity index is 2.39. The van der Waals surface area contributed by atoms with Crippen molar-refractivity contribution in [2.24, 2.45) is 5.73 Å². The number of methoxy groups -OCH3 is 2. The van der Waals surface area contributed by atoms with Gasteiger partial charge in [0.05, 0.1) is 20.3 Å². The fraction of sp³-hybridized carbons (Fsp3) is 0.500. The first-order valence-electron chi connectivity index (χ1n) is 6.39. The van der Waals surface area contributed by atoms with Gasteiger partial charge in [-0.1, -0.05) is 6.07 Å². The summed E-state index contributed by atoms with van der Waals surface area (Å²) in [6.07, 6.45) is -0.180. The Hall–Kier alpha value is -1.79. The molecule has 0 aromatic heterocycles. The van der Waals surface area contributed by atoms with Gasteiger partial charge in [0, 0.05) is 13.2 Å². The molecule has 0 saturated carbocycles. The van der Waals surface area contributed by atoms with Crippen LogP contribution in [0.2, 0.25) is 0 Å². The van der Waals surface area contributed by atoms with Crippen LogP contribution >= 0.6 is 0 Å². The van der Waals surface area contributed by atoms with E-state index in [9.17, 15) is 4.79 Å². The topological polar surface area (TPSA) is 82.8 Å². The Kier molecular flexibility index (Phi) is 6.83. The molecule has 0 radical (unpaired) electrons. The molecule has 0 saturated heterocycles. The zero-order valence-corrected chi connectivity index (χ0v) is 12.1. The minimum atomic E-state index is -0.663. The lowest BCUT2D eigenvalue weighted by Gasteiger charge is -2.17. The maximum atomic E-state index is 11.6. The average Bonchev–Trinajstić information content (AvgIpc) is 2.45. The number of amides is 1. The number of ether oxygens (including phenoxy) is 3. The zero-order chi connectivity index (χ0) is 15.0. The van der Waals surface area contributed by atoms with E-state index in [0.717, 1.165) is 5.75 Å². The number of hydrogen-bond acceptors (Lipinski definition) is 5. The standard InChI is InChI=1S/C14H22N2O4/c1-10(8-16-14(17)13(15)9-18-2)20-12-6-4-5-11(7-12)19-3/h4-7,10,13H,8-9,15H2,1-3H3,(H,16,17). The molecule has 1 amide bonds. The molecular weight excluding hydrogens is 260 g/mol. The van der Waals surface area contributed by atoms with Crippen LogP contribution in [0.5, 0.6) is 11.5 Å². The van der Waals surface area contributed by atoms with Crippen molar-refractivity contribution in [3.63, 3.8) is 0 Å². The lowest BCUT2D eigenvalue weighted by atomic mass is 10.3. The summed E-state index contributed by atoms with van der Waals surface area (Å²) in [5, 5.41) is 2.72. The van der Waals surface area contributed by atoms with E-state index in [4.69, 9.17) is 19.9 Å². The summed E-state index contributed by atoms with van der Waals surface area (Å²) in [6.45, 7) is 2.42. The van der Waals surface area contributed by atoms with Crippen LogP contribution in [0, 0.1) is 0 Å². The summed E-state index contributed by atoms with van der Waals surface area (Å²) >= 11 is 0. The van der Waals surface area contributed by atoms with Crippen LogP contribution in [0.25, 0.3) is 0 Å². The molecule has 0 aliphatic carbocycles. The molecule has 6 heteroatoms. The maximum absolute atomic E-state index is 11.6. The highest BCUT2D eigenvalue weighted by atomic mass is 16.5. The van der Waals surface area contributed by atoms with Gasteiger partial charge in [-0.15, -0.1) is 0 Å². The highest BCUT2D eigenvalue weighted by Gasteiger charge is 2.14. The fourth-order valence-corrected chi connectivity index (χ4v) is 1.58. The molecule has 6 nitrogen and oxygen atoms in total. The average molecular weight is 282 g/mol. The van der Waals surface area contributed by atoms with Crippen molar-refractivity contribution in [2.75, 3.05) is 27.4 Å². The quantitative estimate of drug-likeness (QED) is 0.727. The summed E-state index contributed by atoms with van der Waals surface area (Å²) in [5.74, 6) is 1.15. The third-order valence-electron chi connectivity index (χ3n) is 2.63. The van der Waals surface area contributed by atoms with E-state index in [0.29, 0.717) is 12.3 Å². The number of nitrogens with one attached hydrogen (secondary N) is 1. The maximum Gasteiger partial charge on any atom is 0.239 e. The molecule has 0 aliphatic rings. The highest BCUT2D eigenvalue weighted by molar-refractivity contribution is 5.81. The van der Waals surface area contributed by atoms with Gasteiger partial charge in [-0.25, -0.2) is 0 Å². The van der Waals surface area contributed by atoms with Crippen LogP contribution in [0.4, 0.5) is 0 Å². The van der Waals surface area contributed by atoms with Gasteiger partial charge in [0.1, 0.15) is 23.6 Å². The molecule has 112 valence electrons. The Bertz CT molecular complexity index is 425. The van der Waals surface area contributed by atoms with Crippen molar-refractivity contribution in [3.8, 4) is 11.5 Å². The zero-order valence-electron chi connectivity index (χ0n) is 12.1. The van der Waals surface area contributed by atoms with Gasteiger partial charge in [0.15, 0.2) is 0 Å². The van der Waals surface area contributed by atoms with E-state index in [2.05, 4.69) is 5.32 Å². The van der Waals surface area contributed by atoms with Crippen LogP contribution in [0.3, 0.4) is 0 Å². The van der Waals surface area contributed by atoms with E-state index in [1.165, 1.54) is 7.11 Å². The lowest BCUT2D eigenvalue weighted by molar-refractivity contribution is -0.123. The predicted octanol–water partition coefficient (Wildman–Crippen LogP) is 0.552. The number of carbonyl (C=O) groups is 1. The number of benzene rings is 1. The van der Waals surface area contributed by atoms with Crippen LogP contribution < -0.4 is 20.5 Å². The van der Waals surface area contributed by atoms with Crippen LogP contribution in [0.15, 0.2) is 24.3 Å². The minimum absolute atomic E-state index is 0.180. The molecule has 2 unspecified atom stereocenters. The van der Waals surface area contributed by atoms with E-state index >= 15 is 0 Å². The molecule has 0 fully saturated rings. The molecular formula is C14H22N2O4. The van der Waals surface area contributed by atoms with Gasteiger partial charge < -0.3 is 25.3 Å². The van der Waals surface area contributed by atoms with Crippen molar-refractivity contribution >= 4 is 5.91 Å². The number of nitrogens with two attached hydrogens (primary N) is 1. The normalized spacial score (nSPS) is 13.4. The Labute approximate surface area is 119 Å². The van der Waals surface area contributed by atoms with Gasteiger partial charge in [-0.3, -0.25) is 4.79 Å². The van der Waals surface area contributed by atoms with Crippen LogP contribution in [-0.4, -0.2) is 45.4 Å². The molecule has 0 bridgehead atoms. The van der Waals surface area contributed by atoms with Gasteiger partial charge >= 0.3 is 0 Å². The smallest absolute Gasteiger partial charge is 0.239 e.